The zero-order valence-corrected chi connectivity index (χ0v) is 7.89. The van der Waals surface area contributed by atoms with E-state index in [9.17, 15) is 5.21 Å². The van der Waals surface area contributed by atoms with Crippen LogP contribution in [0, 0.1) is 5.21 Å². The number of hydrogen-bond donors (Lipinski definition) is 1. The molecule has 1 rings (SSSR count). The highest BCUT2D eigenvalue weighted by atomic mass is 79.9. The average Bonchev–Trinajstić information content (AvgIpc) is 2.04. The second-order valence-corrected chi connectivity index (χ2v) is 3.11. The number of hydrogen-bond acceptors (Lipinski definition) is 1. The van der Waals surface area contributed by atoms with Crippen LogP contribution in [0.15, 0.2) is 28.7 Å². The topological polar surface area (TPSA) is 27.5 Å². The van der Waals surface area contributed by atoms with E-state index in [1.807, 2.05) is 31.2 Å². The van der Waals surface area contributed by atoms with Crippen LogP contribution in [0.3, 0.4) is 0 Å². The molecule has 1 aromatic carbocycles. The summed E-state index contributed by atoms with van der Waals surface area (Å²) in [4.78, 5) is 0. The lowest BCUT2D eigenvalue weighted by Gasteiger charge is -2.20. The number of nitrogens with one attached hydrogen (secondary N) is 1. The molecule has 1 N–H and O–H groups in total. The standard InChI is InChI=1S/C8H10BrNO/c1-2-10(11)8-6-4-3-5-7(8)9/h3-6,10H,2H2,1H3. The lowest BCUT2D eigenvalue weighted by atomic mass is 10.3. The van der Waals surface area contributed by atoms with E-state index in [2.05, 4.69) is 15.9 Å². The van der Waals surface area contributed by atoms with Gasteiger partial charge in [-0.1, -0.05) is 12.1 Å². The van der Waals surface area contributed by atoms with E-state index in [-0.39, 0.29) is 5.06 Å². The van der Waals surface area contributed by atoms with E-state index in [1.165, 1.54) is 0 Å². The van der Waals surface area contributed by atoms with E-state index in [1.54, 1.807) is 0 Å². The van der Waals surface area contributed by atoms with Crippen molar-refractivity contribution >= 4 is 21.6 Å². The van der Waals surface area contributed by atoms with Gasteiger partial charge >= 0.3 is 0 Å². The molecule has 3 heteroatoms. The minimum atomic E-state index is 0.178. The van der Waals surface area contributed by atoms with Crippen molar-refractivity contribution in [3.05, 3.63) is 33.9 Å². The van der Waals surface area contributed by atoms with Crippen LogP contribution in [0.25, 0.3) is 0 Å². The molecule has 0 bridgehead atoms. The maximum atomic E-state index is 11.2. The van der Waals surface area contributed by atoms with Gasteiger partial charge in [-0.05, 0) is 28.9 Å². The van der Waals surface area contributed by atoms with E-state index < -0.39 is 0 Å². The van der Waals surface area contributed by atoms with Crippen LogP contribution in [0.2, 0.25) is 0 Å². The number of quaternary nitrogens is 1. The van der Waals surface area contributed by atoms with Crippen molar-refractivity contribution in [3.63, 3.8) is 0 Å². The maximum Gasteiger partial charge on any atom is 0.145 e. The van der Waals surface area contributed by atoms with Crippen molar-refractivity contribution in [3.8, 4) is 0 Å². The Bertz CT molecular complexity index is 239. The molecule has 2 nitrogen and oxygen atoms in total. The molecule has 0 saturated heterocycles. The fourth-order valence-corrected chi connectivity index (χ4v) is 1.38. The van der Waals surface area contributed by atoms with Gasteiger partial charge in [-0.3, -0.25) is 0 Å². The normalized spacial score (nSPS) is 13.0. The third-order valence-electron chi connectivity index (χ3n) is 1.50. The molecule has 0 saturated carbocycles. The van der Waals surface area contributed by atoms with Crippen LogP contribution in [0.4, 0.5) is 5.69 Å². The van der Waals surface area contributed by atoms with E-state index >= 15 is 0 Å². The highest BCUT2D eigenvalue weighted by Crippen LogP contribution is 2.16. The van der Waals surface area contributed by atoms with Gasteiger partial charge in [0.05, 0.1) is 11.0 Å². The number of rotatable bonds is 2. The van der Waals surface area contributed by atoms with Crippen molar-refractivity contribution in [2.75, 3.05) is 6.54 Å². The predicted octanol–water partition coefficient (Wildman–Crippen LogP) is 1.48. The Labute approximate surface area is 74.5 Å². The maximum absolute atomic E-state index is 11.2. The molecule has 0 amide bonds. The van der Waals surface area contributed by atoms with E-state index in [0.29, 0.717) is 6.54 Å². The van der Waals surface area contributed by atoms with Gasteiger partial charge in [0.25, 0.3) is 0 Å². The molecular weight excluding hydrogens is 206 g/mol. The minimum absolute atomic E-state index is 0.178. The highest BCUT2D eigenvalue weighted by Gasteiger charge is 2.02. The third-order valence-corrected chi connectivity index (χ3v) is 2.19. The van der Waals surface area contributed by atoms with Gasteiger partial charge < -0.3 is 10.3 Å². The molecule has 60 valence electrons. The molecule has 0 spiro atoms. The summed E-state index contributed by atoms with van der Waals surface area (Å²) < 4.78 is 0.881. The molecule has 0 aliphatic heterocycles. The molecule has 1 atom stereocenters. The summed E-state index contributed by atoms with van der Waals surface area (Å²) in [7, 11) is 0. The first-order valence-electron chi connectivity index (χ1n) is 3.53. The van der Waals surface area contributed by atoms with Gasteiger partial charge in [0.2, 0.25) is 0 Å². The number of benzene rings is 1. The van der Waals surface area contributed by atoms with Crippen molar-refractivity contribution < 1.29 is 5.06 Å². The monoisotopic (exact) mass is 215 g/mol. The quantitative estimate of drug-likeness (QED) is 0.745. The highest BCUT2D eigenvalue weighted by molar-refractivity contribution is 9.10. The Balaban J connectivity index is 2.93. The summed E-state index contributed by atoms with van der Waals surface area (Å²) >= 11 is 3.32. The Morgan fingerprint density at radius 1 is 1.45 bits per heavy atom. The summed E-state index contributed by atoms with van der Waals surface area (Å²) in [6.07, 6.45) is 0. The SMILES string of the molecule is CC[NH+]([O-])c1ccccc1Br. The summed E-state index contributed by atoms with van der Waals surface area (Å²) in [5.41, 5.74) is 0.773. The first-order chi connectivity index (χ1) is 5.25. The Kier molecular flexibility index (Phi) is 3.05. The lowest BCUT2D eigenvalue weighted by molar-refractivity contribution is -0.774. The van der Waals surface area contributed by atoms with Crippen LogP contribution in [-0.4, -0.2) is 6.54 Å². The van der Waals surface area contributed by atoms with Crippen LogP contribution < -0.4 is 5.06 Å². The molecule has 0 aromatic heterocycles. The molecular formula is C8H10BrNO. The van der Waals surface area contributed by atoms with Gasteiger partial charge in [0, 0.05) is 6.07 Å². The van der Waals surface area contributed by atoms with Gasteiger partial charge in [0.15, 0.2) is 0 Å². The van der Waals surface area contributed by atoms with Crippen molar-refractivity contribution in [1.29, 1.82) is 0 Å². The number of halogens is 1. The smallest absolute Gasteiger partial charge is 0.145 e. The largest absolute Gasteiger partial charge is 0.629 e. The van der Waals surface area contributed by atoms with Crippen molar-refractivity contribution in [2.24, 2.45) is 0 Å². The molecule has 0 fully saturated rings. The summed E-state index contributed by atoms with van der Waals surface area (Å²) in [5, 5.41) is 11.4. The molecule has 1 unspecified atom stereocenters. The zero-order chi connectivity index (χ0) is 8.27. The third kappa shape index (κ3) is 2.02. The summed E-state index contributed by atoms with van der Waals surface area (Å²) in [5.74, 6) is 0. The van der Waals surface area contributed by atoms with Gasteiger partial charge in [0.1, 0.15) is 5.69 Å². The van der Waals surface area contributed by atoms with E-state index in [0.717, 1.165) is 10.2 Å². The van der Waals surface area contributed by atoms with Crippen molar-refractivity contribution in [1.82, 2.24) is 0 Å². The summed E-state index contributed by atoms with van der Waals surface area (Å²) in [6.45, 7) is 2.42. The lowest BCUT2D eigenvalue weighted by Crippen LogP contribution is -3.01. The molecule has 0 aliphatic rings. The number of hydroxylamine groups is 1. The molecule has 0 aliphatic carbocycles. The van der Waals surface area contributed by atoms with Gasteiger partial charge in [-0.2, -0.15) is 0 Å². The molecule has 0 heterocycles. The molecule has 0 radical (unpaired) electrons. The molecule has 1 aromatic rings. The van der Waals surface area contributed by atoms with Gasteiger partial charge in [-0.15, -0.1) is 0 Å². The average molecular weight is 216 g/mol. The van der Waals surface area contributed by atoms with Crippen molar-refractivity contribution in [2.45, 2.75) is 6.92 Å². The fourth-order valence-electron chi connectivity index (χ4n) is 0.878. The molecule has 11 heavy (non-hydrogen) atoms. The van der Waals surface area contributed by atoms with Gasteiger partial charge in [-0.25, -0.2) is 0 Å². The van der Waals surface area contributed by atoms with Crippen LogP contribution >= 0.6 is 15.9 Å². The van der Waals surface area contributed by atoms with Crippen LogP contribution in [0.5, 0.6) is 0 Å². The Hall–Kier alpha value is -0.380. The fraction of sp³-hybridized carbons (Fsp3) is 0.250. The zero-order valence-electron chi connectivity index (χ0n) is 6.30. The first-order valence-corrected chi connectivity index (χ1v) is 4.32. The van der Waals surface area contributed by atoms with E-state index in [4.69, 9.17) is 0 Å². The Morgan fingerprint density at radius 2 is 2.09 bits per heavy atom. The van der Waals surface area contributed by atoms with Crippen LogP contribution in [0.1, 0.15) is 6.92 Å². The summed E-state index contributed by atoms with van der Waals surface area (Å²) in [6, 6.07) is 7.48. The predicted molar refractivity (Wildman–Crippen MR) is 48.7 cm³/mol. The second kappa shape index (κ2) is 3.85. The second-order valence-electron chi connectivity index (χ2n) is 2.26. The Morgan fingerprint density at radius 3 is 2.64 bits per heavy atom. The first kappa shape index (κ1) is 8.71. The van der Waals surface area contributed by atoms with Crippen LogP contribution in [-0.2, 0) is 0 Å². The number of para-hydroxylation sites is 1. The minimum Gasteiger partial charge on any atom is -0.629 e.